The Bertz CT molecular complexity index is 1300. The van der Waals surface area contributed by atoms with Crippen molar-refractivity contribution in [2.75, 3.05) is 47.5 Å². The number of allylic oxidation sites excluding steroid dienone is 14. The zero-order chi connectivity index (χ0) is 46.3. The summed E-state index contributed by atoms with van der Waals surface area (Å²) in [6.45, 7) is 4.51. The first-order valence-corrected chi connectivity index (χ1v) is 24.7. The van der Waals surface area contributed by atoms with Gasteiger partial charge in [0.05, 0.1) is 40.3 Å². The molecule has 63 heavy (non-hydrogen) atoms. The molecule has 0 bridgehead atoms. The fourth-order valence-corrected chi connectivity index (χ4v) is 6.34. The number of hydrogen-bond donors (Lipinski definition) is 0. The molecule has 2 atom stereocenters. The van der Waals surface area contributed by atoms with Crippen LogP contribution in [0.4, 0.5) is 0 Å². The van der Waals surface area contributed by atoms with Gasteiger partial charge in [-0.3, -0.25) is 9.59 Å². The molecule has 0 N–H and O–H groups in total. The molecule has 0 saturated heterocycles. The minimum Gasteiger partial charge on any atom is -0.545 e. The monoisotopic (exact) mass is 882 g/mol. The van der Waals surface area contributed by atoms with Gasteiger partial charge in [0, 0.05) is 12.8 Å². The first-order chi connectivity index (χ1) is 30.6. The highest BCUT2D eigenvalue weighted by molar-refractivity contribution is 5.70. The lowest BCUT2D eigenvalue weighted by atomic mass is 10.0. The molecule has 0 spiro atoms. The maximum Gasteiger partial charge on any atom is 0.306 e. The van der Waals surface area contributed by atoms with Crippen LogP contribution in [0.15, 0.2) is 85.1 Å². The maximum atomic E-state index is 12.7. The number of rotatable bonds is 44. The van der Waals surface area contributed by atoms with Gasteiger partial charge in [-0.05, 0) is 70.6 Å². The second-order valence-corrected chi connectivity index (χ2v) is 17.4. The highest BCUT2D eigenvalue weighted by Crippen LogP contribution is 2.14. The molecule has 2 unspecified atom stereocenters. The zero-order valence-electron chi connectivity index (χ0n) is 40.7. The molecule has 0 aliphatic carbocycles. The standard InChI is InChI=1S/C54H91NO8/c1-6-8-10-12-13-14-15-16-17-18-19-20-21-22-23-24-25-26-27-28-29-30-31-32-33-34-35-36-37-38-39-41-43-45-52(57)63-50(48-61-51(56)44-42-40-11-9-7-2)49-62-54(53(58)59)60-47-46-55(3,4)5/h8,10,13-14,16-17,19-20,22-23,25-26,28-29,50,54H,6-7,9,11-12,15,18,21,24,27,30-49H2,1-5H3/b10-8-,14-13-,17-16-,20-19-,23-22-,26-25-,29-28-. The largest absolute Gasteiger partial charge is 0.545 e. The van der Waals surface area contributed by atoms with E-state index in [1.54, 1.807) is 0 Å². The van der Waals surface area contributed by atoms with Crippen LogP contribution in [0.5, 0.6) is 0 Å². The van der Waals surface area contributed by atoms with Crippen LogP contribution < -0.4 is 5.11 Å². The van der Waals surface area contributed by atoms with Gasteiger partial charge in [-0.25, -0.2) is 0 Å². The lowest BCUT2D eigenvalue weighted by Gasteiger charge is -2.26. The third kappa shape index (κ3) is 46.3. The van der Waals surface area contributed by atoms with E-state index < -0.39 is 24.3 Å². The van der Waals surface area contributed by atoms with Gasteiger partial charge in [0.1, 0.15) is 13.2 Å². The van der Waals surface area contributed by atoms with E-state index in [0.717, 1.165) is 103 Å². The summed E-state index contributed by atoms with van der Waals surface area (Å²) >= 11 is 0. The molecule has 0 heterocycles. The van der Waals surface area contributed by atoms with Crippen molar-refractivity contribution < 1.29 is 42.9 Å². The van der Waals surface area contributed by atoms with Crippen LogP contribution in [0, 0.1) is 0 Å². The number of carboxylic acid groups (broad SMARTS) is 1. The maximum absolute atomic E-state index is 12.7. The van der Waals surface area contributed by atoms with Crippen molar-refractivity contribution in [2.45, 2.75) is 193 Å². The number of aliphatic carboxylic acids is 1. The molecule has 0 saturated carbocycles. The summed E-state index contributed by atoms with van der Waals surface area (Å²) in [6.07, 6.45) is 55.4. The quantitative estimate of drug-likeness (QED) is 0.0196. The molecular formula is C54H91NO8. The number of esters is 2. The molecule has 0 aromatic carbocycles. The lowest BCUT2D eigenvalue weighted by Crippen LogP contribution is -2.44. The Morgan fingerprint density at radius 2 is 0.905 bits per heavy atom. The number of carboxylic acids is 1. The van der Waals surface area contributed by atoms with Crippen molar-refractivity contribution >= 4 is 17.9 Å². The number of nitrogens with zero attached hydrogens (tertiary/aromatic N) is 1. The Balaban J connectivity index is 4.05. The highest BCUT2D eigenvalue weighted by Gasteiger charge is 2.21. The number of quaternary nitrogens is 1. The van der Waals surface area contributed by atoms with E-state index in [2.05, 4.69) is 98.9 Å². The average Bonchev–Trinajstić information content (AvgIpc) is 3.24. The van der Waals surface area contributed by atoms with Crippen LogP contribution >= 0.6 is 0 Å². The first-order valence-electron chi connectivity index (χ1n) is 24.7. The first kappa shape index (κ1) is 59.5. The second-order valence-electron chi connectivity index (χ2n) is 17.4. The van der Waals surface area contributed by atoms with Crippen molar-refractivity contribution in [2.24, 2.45) is 0 Å². The van der Waals surface area contributed by atoms with Gasteiger partial charge >= 0.3 is 11.9 Å². The van der Waals surface area contributed by atoms with Gasteiger partial charge in [-0.2, -0.15) is 0 Å². The predicted molar refractivity (Wildman–Crippen MR) is 260 cm³/mol. The van der Waals surface area contributed by atoms with E-state index in [9.17, 15) is 19.5 Å². The van der Waals surface area contributed by atoms with Gasteiger partial charge in [0.2, 0.25) is 0 Å². The molecule has 0 aliphatic heterocycles. The van der Waals surface area contributed by atoms with Crippen molar-refractivity contribution in [1.82, 2.24) is 0 Å². The lowest BCUT2D eigenvalue weighted by molar-refractivity contribution is -0.870. The molecule has 9 heteroatoms. The molecule has 0 radical (unpaired) electrons. The number of hydrogen-bond acceptors (Lipinski definition) is 8. The van der Waals surface area contributed by atoms with E-state index in [0.29, 0.717) is 17.4 Å². The van der Waals surface area contributed by atoms with E-state index in [4.69, 9.17) is 18.9 Å². The van der Waals surface area contributed by atoms with Crippen molar-refractivity contribution in [3.05, 3.63) is 85.1 Å². The summed E-state index contributed by atoms with van der Waals surface area (Å²) < 4.78 is 22.4. The SMILES string of the molecule is CC/C=C\C/C=C\C/C=C\C/C=C\C/C=C\C/C=C\C/C=C\CCCCCCCCCCCCCC(=O)OC(COC(=O)CCCCCCC)COC(OCC[N+](C)(C)C)C(=O)[O-]. The van der Waals surface area contributed by atoms with Crippen LogP contribution in [0.25, 0.3) is 0 Å². The van der Waals surface area contributed by atoms with Gasteiger partial charge in [-0.15, -0.1) is 0 Å². The average molecular weight is 882 g/mol. The number of carbonyl (C=O) groups excluding carboxylic acids is 3. The molecule has 0 rings (SSSR count). The third-order valence-corrected chi connectivity index (χ3v) is 10.2. The van der Waals surface area contributed by atoms with Gasteiger partial charge in [0.15, 0.2) is 12.4 Å². The van der Waals surface area contributed by atoms with Crippen LogP contribution in [0.3, 0.4) is 0 Å². The fourth-order valence-electron chi connectivity index (χ4n) is 6.34. The predicted octanol–water partition coefficient (Wildman–Crippen LogP) is 12.3. The molecule has 0 amide bonds. The molecule has 9 nitrogen and oxygen atoms in total. The molecular weight excluding hydrogens is 791 g/mol. The number of likely N-dealkylation sites (N-methyl/N-ethyl adjacent to an activating group) is 1. The van der Waals surface area contributed by atoms with E-state index in [1.165, 1.54) is 44.9 Å². The molecule has 0 aromatic heterocycles. The minimum absolute atomic E-state index is 0.144. The molecule has 360 valence electrons. The van der Waals surface area contributed by atoms with Crippen LogP contribution in [-0.2, 0) is 33.3 Å². The summed E-state index contributed by atoms with van der Waals surface area (Å²) in [5, 5.41) is 11.6. The Labute approximate surface area is 385 Å². The fraction of sp³-hybridized carbons (Fsp3) is 0.685. The third-order valence-electron chi connectivity index (χ3n) is 10.2. The highest BCUT2D eigenvalue weighted by atomic mass is 16.7. The summed E-state index contributed by atoms with van der Waals surface area (Å²) in [5.41, 5.74) is 0. The molecule has 0 aliphatic rings. The van der Waals surface area contributed by atoms with Crippen molar-refractivity contribution in [1.29, 1.82) is 0 Å². The Hall–Kier alpha value is -3.53. The van der Waals surface area contributed by atoms with Crippen LogP contribution in [0.1, 0.15) is 181 Å². The van der Waals surface area contributed by atoms with Crippen LogP contribution in [0.2, 0.25) is 0 Å². The summed E-state index contributed by atoms with van der Waals surface area (Å²) in [4.78, 5) is 36.7. The zero-order valence-corrected chi connectivity index (χ0v) is 40.7. The second kappa shape index (κ2) is 45.1. The number of carbonyl (C=O) groups is 3. The minimum atomic E-state index is -1.62. The Morgan fingerprint density at radius 1 is 0.492 bits per heavy atom. The van der Waals surface area contributed by atoms with Crippen LogP contribution in [-0.4, -0.2) is 82.3 Å². The van der Waals surface area contributed by atoms with Gasteiger partial charge < -0.3 is 33.3 Å². The molecule has 0 aromatic rings. The van der Waals surface area contributed by atoms with E-state index >= 15 is 0 Å². The number of ether oxygens (including phenoxy) is 4. The summed E-state index contributed by atoms with van der Waals surface area (Å²) in [5.74, 6) is -2.31. The van der Waals surface area contributed by atoms with Crippen molar-refractivity contribution in [3.8, 4) is 0 Å². The topological polar surface area (TPSA) is 111 Å². The van der Waals surface area contributed by atoms with Crippen molar-refractivity contribution in [3.63, 3.8) is 0 Å². The van der Waals surface area contributed by atoms with Gasteiger partial charge in [-0.1, -0.05) is 182 Å². The molecule has 0 fully saturated rings. The van der Waals surface area contributed by atoms with E-state index in [-0.39, 0.29) is 38.6 Å². The summed E-state index contributed by atoms with van der Waals surface area (Å²) in [7, 11) is 5.89. The Kier molecular flexibility index (Phi) is 42.5. The van der Waals surface area contributed by atoms with E-state index in [1.807, 2.05) is 21.1 Å². The summed E-state index contributed by atoms with van der Waals surface area (Å²) in [6, 6.07) is 0. The van der Waals surface area contributed by atoms with Gasteiger partial charge in [0.25, 0.3) is 0 Å². The number of unbranched alkanes of at least 4 members (excludes halogenated alkanes) is 15. The Morgan fingerprint density at radius 3 is 1.35 bits per heavy atom. The normalized spacial score (nSPS) is 13.6. The smallest absolute Gasteiger partial charge is 0.306 e.